The Kier molecular flexibility index (Phi) is 4.50. The predicted molar refractivity (Wildman–Crippen MR) is 88.7 cm³/mol. The maximum Gasteiger partial charge on any atom is 0.121 e. The Hall–Kier alpha value is -2.36. The van der Waals surface area contributed by atoms with E-state index >= 15 is 0 Å². The third kappa shape index (κ3) is 3.27. The second-order valence-electron chi connectivity index (χ2n) is 5.98. The van der Waals surface area contributed by atoms with Crippen molar-refractivity contribution in [3.8, 4) is 11.5 Å². The lowest BCUT2D eigenvalue weighted by Crippen LogP contribution is -1.89. The number of azo groups is 1. The molecule has 2 N–H and O–H groups in total. The summed E-state index contributed by atoms with van der Waals surface area (Å²) in [5.41, 5.74) is 4.73. The van der Waals surface area contributed by atoms with Gasteiger partial charge in [-0.1, -0.05) is 13.8 Å². The molecule has 0 unspecified atom stereocenters. The summed E-state index contributed by atoms with van der Waals surface area (Å²) in [7, 11) is 0. The Labute approximate surface area is 131 Å². The first-order chi connectivity index (χ1) is 10.3. The largest absolute Gasteiger partial charge is 0.508 e. The topological polar surface area (TPSA) is 65.2 Å². The Balaban J connectivity index is 2.40. The molecule has 0 aromatic heterocycles. The van der Waals surface area contributed by atoms with E-state index in [2.05, 4.69) is 10.2 Å². The lowest BCUT2D eigenvalue weighted by molar-refractivity contribution is 0.464. The van der Waals surface area contributed by atoms with Gasteiger partial charge < -0.3 is 10.2 Å². The molecule has 0 aliphatic carbocycles. The highest BCUT2D eigenvalue weighted by Crippen LogP contribution is 2.34. The normalized spacial score (nSPS) is 11.5. The zero-order valence-electron chi connectivity index (χ0n) is 13.7. The number of aromatic hydroxyl groups is 2. The van der Waals surface area contributed by atoms with Gasteiger partial charge in [0.05, 0.1) is 11.4 Å². The molecule has 2 aromatic carbocycles. The number of benzene rings is 2. The maximum atomic E-state index is 9.97. The van der Waals surface area contributed by atoms with Crippen LogP contribution in [0.25, 0.3) is 0 Å². The molecule has 0 spiro atoms. The van der Waals surface area contributed by atoms with Crippen molar-refractivity contribution >= 4 is 11.4 Å². The van der Waals surface area contributed by atoms with Crippen LogP contribution >= 0.6 is 0 Å². The minimum atomic E-state index is 0.215. The van der Waals surface area contributed by atoms with Crippen LogP contribution in [0.2, 0.25) is 0 Å². The number of phenolic OH excluding ortho intramolecular Hbond substituents is 2. The number of phenols is 2. The molecule has 0 aliphatic heterocycles. The minimum Gasteiger partial charge on any atom is -0.508 e. The summed E-state index contributed by atoms with van der Waals surface area (Å²) in [6.07, 6.45) is 0. The fourth-order valence-electron chi connectivity index (χ4n) is 2.37. The standard InChI is InChI=1S/C18H22N2O2/c1-10(2)15-9-16(11(3)8-17(15)21)20-19-14-6-12(4)18(22)13(5)7-14/h6-10,21-22H,1-5H3/b20-19+. The van der Waals surface area contributed by atoms with Crippen LogP contribution in [0.4, 0.5) is 11.4 Å². The molecule has 0 saturated heterocycles. The van der Waals surface area contributed by atoms with Crippen LogP contribution in [-0.2, 0) is 0 Å². The summed E-state index contributed by atoms with van der Waals surface area (Å²) in [6, 6.07) is 7.19. The Morgan fingerprint density at radius 1 is 0.818 bits per heavy atom. The lowest BCUT2D eigenvalue weighted by Gasteiger charge is -2.10. The van der Waals surface area contributed by atoms with Crippen LogP contribution in [0.5, 0.6) is 11.5 Å². The monoisotopic (exact) mass is 298 g/mol. The average molecular weight is 298 g/mol. The van der Waals surface area contributed by atoms with E-state index in [9.17, 15) is 10.2 Å². The molecule has 116 valence electrons. The number of aryl methyl sites for hydroxylation is 3. The highest BCUT2D eigenvalue weighted by molar-refractivity contribution is 5.55. The van der Waals surface area contributed by atoms with E-state index in [4.69, 9.17) is 0 Å². The average Bonchev–Trinajstić information content (AvgIpc) is 2.43. The van der Waals surface area contributed by atoms with E-state index in [1.165, 1.54) is 0 Å². The van der Waals surface area contributed by atoms with Crippen LogP contribution < -0.4 is 0 Å². The molecule has 2 rings (SSSR count). The van der Waals surface area contributed by atoms with Gasteiger partial charge in [-0.25, -0.2) is 0 Å². The van der Waals surface area contributed by atoms with Gasteiger partial charge in [0, 0.05) is 0 Å². The first-order valence-corrected chi connectivity index (χ1v) is 7.35. The van der Waals surface area contributed by atoms with Gasteiger partial charge >= 0.3 is 0 Å². The number of hydrogen-bond donors (Lipinski definition) is 2. The summed E-state index contributed by atoms with van der Waals surface area (Å²) in [6.45, 7) is 9.62. The first-order valence-electron chi connectivity index (χ1n) is 7.35. The maximum absolute atomic E-state index is 9.97. The van der Waals surface area contributed by atoms with Crippen molar-refractivity contribution in [3.05, 3.63) is 46.5 Å². The van der Waals surface area contributed by atoms with Crippen LogP contribution in [0, 0.1) is 20.8 Å². The molecular weight excluding hydrogens is 276 g/mol. The fraction of sp³-hybridized carbons (Fsp3) is 0.333. The van der Waals surface area contributed by atoms with Gasteiger partial charge in [0.2, 0.25) is 0 Å². The van der Waals surface area contributed by atoms with Crippen LogP contribution in [0.1, 0.15) is 42.0 Å². The molecule has 0 saturated carbocycles. The summed E-state index contributed by atoms with van der Waals surface area (Å²) >= 11 is 0. The van der Waals surface area contributed by atoms with E-state index < -0.39 is 0 Å². The molecule has 0 heterocycles. The summed E-state index contributed by atoms with van der Waals surface area (Å²) in [4.78, 5) is 0. The zero-order chi connectivity index (χ0) is 16.4. The first kappa shape index (κ1) is 16.0. The van der Waals surface area contributed by atoms with Crippen molar-refractivity contribution in [2.24, 2.45) is 10.2 Å². The van der Waals surface area contributed by atoms with Gasteiger partial charge in [-0.2, -0.15) is 10.2 Å². The van der Waals surface area contributed by atoms with E-state index in [1.54, 1.807) is 18.2 Å². The van der Waals surface area contributed by atoms with E-state index in [0.29, 0.717) is 17.2 Å². The Bertz CT molecular complexity index is 711. The third-order valence-electron chi connectivity index (χ3n) is 3.72. The second kappa shape index (κ2) is 6.18. The summed E-state index contributed by atoms with van der Waals surface area (Å²) in [5, 5.41) is 28.3. The SMILES string of the molecule is Cc1cc(O)c(C(C)C)cc1/N=N/c1cc(C)c(O)c(C)c1. The summed E-state index contributed by atoms with van der Waals surface area (Å²) in [5.74, 6) is 0.803. The molecule has 0 radical (unpaired) electrons. The molecule has 22 heavy (non-hydrogen) atoms. The van der Waals surface area contributed by atoms with Gasteiger partial charge in [-0.15, -0.1) is 0 Å². The van der Waals surface area contributed by atoms with E-state index in [1.807, 2.05) is 40.7 Å². The number of rotatable bonds is 3. The zero-order valence-corrected chi connectivity index (χ0v) is 13.7. The van der Waals surface area contributed by atoms with Gasteiger partial charge in [0.1, 0.15) is 11.5 Å². The molecule has 4 nitrogen and oxygen atoms in total. The van der Waals surface area contributed by atoms with Crippen LogP contribution in [0.3, 0.4) is 0 Å². The van der Waals surface area contributed by atoms with E-state index in [0.717, 1.165) is 27.9 Å². The van der Waals surface area contributed by atoms with Crippen molar-refractivity contribution in [2.45, 2.75) is 40.5 Å². The molecule has 0 bridgehead atoms. The Morgan fingerprint density at radius 2 is 1.41 bits per heavy atom. The number of nitrogens with zero attached hydrogens (tertiary/aromatic N) is 2. The quantitative estimate of drug-likeness (QED) is 0.728. The van der Waals surface area contributed by atoms with Gasteiger partial charge in [-0.05, 0) is 73.2 Å². The smallest absolute Gasteiger partial charge is 0.121 e. The van der Waals surface area contributed by atoms with Gasteiger partial charge in [-0.3, -0.25) is 0 Å². The van der Waals surface area contributed by atoms with Crippen molar-refractivity contribution in [2.75, 3.05) is 0 Å². The third-order valence-corrected chi connectivity index (χ3v) is 3.72. The fourth-order valence-corrected chi connectivity index (χ4v) is 2.37. The van der Waals surface area contributed by atoms with E-state index in [-0.39, 0.29) is 5.92 Å². The van der Waals surface area contributed by atoms with Crippen molar-refractivity contribution < 1.29 is 10.2 Å². The lowest BCUT2D eigenvalue weighted by atomic mass is 9.99. The van der Waals surface area contributed by atoms with Gasteiger partial charge in [0.25, 0.3) is 0 Å². The van der Waals surface area contributed by atoms with Crippen LogP contribution in [-0.4, -0.2) is 10.2 Å². The highest BCUT2D eigenvalue weighted by atomic mass is 16.3. The molecule has 4 heteroatoms. The molecule has 0 fully saturated rings. The molecule has 0 amide bonds. The molecule has 2 aromatic rings. The minimum absolute atomic E-state index is 0.215. The summed E-state index contributed by atoms with van der Waals surface area (Å²) < 4.78 is 0. The van der Waals surface area contributed by atoms with Crippen molar-refractivity contribution in [3.63, 3.8) is 0 Å². The number of hydrogen-bond acceptors (Lipinski definition) is 4. The second-order valence-corrected chi connectivity index (χ2v) is 5.98. The molecule has 0 atom stereocenters. The predicted octanol–water partition coefficient (Wildman–Crippen LogP) is 5.56. The molecule has 0 aliphatic rings. The molecular formula is C18H22N2O2. The Morgan fingerprint density at radius 3 is 1.95 bits per heavy atom. The highest BCUT2D eigenvalue weighted by Gasteiger charge is 2.10. The van der Waals surface area contributed by atoms with Crippen molar-refractivity contribution in [1.82, 2.24) is 0 Å². The van der Waals surface area contributed by atoms with Crippen LogP contribution in [0.15, 0.2) is 34.5 Å². The van der Waals surface area contributed by atoms with Gasteiger partial charge in [0.15, 0.2) is 0 Å². The van der Waals surface area contributed by atoms with Crippen molar-refractivity contribution in [1.29, 1.82) is 0 Å².